The number of thiocyanates is 1. The molecule has 7 nitrogen and oxygen atoms in total. The lowest BCUT2D eigenvalue weighted by molar-refractivity contribution is -0.137. The van der Waals surface area contributed by atoms with Crippen LogP contribution in [0.25, 0.3) is 0 Å². The van der Waals surface area contributed by atoms with Gasteiger partial charge in [0.1, 0.15) is 11.2 Å². The summed E-state index contributed by atoms with van der Waals surface area (Å²) < 4.78 is 73.3. The molecular formula is C23H16Cl2F3N3O4S2. The first-order valence-corrected chi connectivity index (χ1v) is 13.4. The van der Waals surface area contributed by atoms with Crippen LogP contribution in [0, 0.1) is 10.7 Å². The quantitative estimate of drug-likeness (QED) is 0.216. The van der Waals surface area contributed by atoms with Crippen molar-refractivity contribution in [2.75, 3.05) is 17.0 Å². The molecule has 0 unspecified atom stereocenters. The number of nitriles is 1. The van der Waals surface area contributed by atoms with Crippen LogP contribution >= 0.6 is 35.0 Å². The largest absolute Gasteiger partial charge is 0.455 e. The first-order valence-electron chi connectivity index (χ1n) is 10.2. The third kappa shape index (κ3) is 7.69. The molecular weight excluding hydrogens is 574 g/mol. The summed E-state index contributed by atoms with van der Waals surface area (Å²) in [6, 6.07) is 12.1. The molecule has 0 radical (unpaired) electrons. The van der Waals surface area contributed by atoms with Crippen molar-refractivity contribution in [1.29, 1.82) is 5.26 Å². The minimum Gasteiger partial charge on any atom is -0.455 e. The first kappa shape index (κ1) is 28.5. The maximum Gasteiger partial charge on any atom is 0.417 e. The fourth-order valence-corrected chi connectivity index (χ4v) is 4.71. The van der Waals surface area contributed by atoms with E-state index in [1.165, 1.54) is 42.5 Å². The third-order valence-corrected chi connectivity index (χ3v) is 7.10. The number of nitrogens with zero attached hydrogens (tertiary/aromatic N) is 1. The topological polar surface area (TPSA) is 108 Å². The predicted octanol–water partition coefficient (Wildman–Crippen LogP) is 6.55. The van der Waals surface area contributed by atoms with Crippen LogP contribution < -0.4 is 14.8 Å². The Morgan fingerprint density at radius 3 is 2.41 bits per heavy atom. The van der Waals surface area contributed by atoms with E-state index in [2.05, 4.69) is 10.0 Å². The molecule has 2 N–H and O–H groups in total. The minimum absolute atomic E-state index is 0.00344. The molecule has 14 heteroatoms. The summed E-state index contributed by atoms with van der Waals surface area (Å²) in [4.78, 5) is 11.5. The van der Waals surface area contributed by atoms with Crippen molar-refractivity contribution in [1.82, 2.24) is 5.32 Å². The lowest BCUT2D eigenvalue weighted by atomic mass is 10.2. The summed E-state index contributed by atoms with van der Waals surface area (Å²) in [6.07, 6.45) is -4.86. The van der Waals surface area contributed by atoms with E-state index in [0.717, 1.165) is 23.9 Å². The summed E-state index contributed by atoms with van der Waals surface area (Å²) in [5.74, 6) is 0.326. The van der Waals surface area contributed by atoms with E-state index in [1.54, 1.807) is 0 Å². The van der Waals surface area contributed by atoms with Crippen LogP contribution in [0.3, 0.4) is 0 Å². The van der Waals surface area contributed by atoms with Gasteiger partial charge in [0.2, 0.25) is 0 Å². The number of benzene rings is 3. The van der Waals surface area contributed by atoms with Gasteiger partial charge in [-0.25, -0.2) is 8.42 Å². The van der Waals surface area contributed by atoms with E-state index >= 15 is 0 Å². The lowest BCUT2D eigenvalue weighted by Crippen LogP contribution is -2.25. The van der Waals surface area contributed by atoms with Crippen molar-refractivity contribution >= 4 is 56.6 Å². The molecule has 3 rings (SSSR count). The highest BCUT2D eigenvalue weighted by atomic mass is 35.5. The molecule has 1 amide bonds. The van der Waals surface area contributed by atoms with Gasteiger partial charge in [0.05, 0.1) is 21.2 Å². The van der Waals surface area contributed by atoms with Gasteiger partial charge in [-0.1, -0.05) is 23.2 Å². The second-order valence-electron chi connectivity index (χ2n) is 7.21. The number of thioether (sulfide) groups is 1. The molecule has 0 aliphatic heterocycles. The monoisotopic (exact) mass is 589 g/mol. The highest BCUT2D eigenvalue weighted by Crippen LogP contribution is 2.37. The zero-order valence-corrected chi connectivity index (χ0v) is 21.6. The average Bonchev–Trinajstić information content (AvgIpc) is 2.83. The number of carbonyl (C=O) groups excluding carboxylic acids is 1. The number of nitrogens with one attached hydrogen (secondary N) is 2. The molecule has 0 bridgehead atoms. The van der Waals surface area contributed by atoms with Crippen LogP contribution in [0.15, 0.2) is 65.6 Å². The van der Waals surface area contributed by atoms with Crippen LogP contribution in [0.4, 0.5) is 18.9 Å². The molecule has 3 aromatic rings. The number of hydrogen-bond donors (Lipinski definition) is 2. The van der Waals surface area contributed by atoms with Crippen molar-refractivity contribution in [2.24, 2.45) is 0 Å². The number of alkyl halides is 3. The van der Waals surface area contributed by atoms with Crippen molar-refractivity contribution in [3.63, 3.8) is 0 Å². The van der Waals surface area contributed by atoms with Gasteiger partial charge in [0, 0.05) is 22.9 Å². The maximum absolute atomic E-state index is 13.2. The first-order chi connectivity index (χ1) is 17.4. The standard InChI is InChI=1S/C23H16Cl2F3N3O4S2/c24-15-3-8-21(35-16-4-1-14(2-5-16)22(32)30-9-10-36-13-29)20(11-15)31-37(33,34)17-6-7-19(25)18(12-17)23(26,27)28/h1-8,11-12,31H,9-10H2,(H,30,32). The molecule has 0 atom stereocenters. The smallest absolute Gasteiger partial charge is 0.417 e. The Balaban J connectivity index is 1.81. The van der Waals surface area contributed by atoms with E-state index in [-0.39, 0.29) is 28.1 Å². The Morgan fingerprint density at radius 2 is 1.76 bits per heavy atom. The number of sulfonamides is 1. The molecule has 0 saturated heterocycles. The van der Waals surface area contributed by atoms with Crippen molar-refractivity contribution in [3.8, 4) is 16.9 Å². The normalized spacial score (nSPS) is 11.5. The van der Waals surface area contributed by atoms with E-state index in [0.29, 0.717) is 23.9 Å². The van der Waals surface area contributed by atoms with Crippen LogP contribution in [0.5, 0.6) is 11.5 Å². The Kier molecular flexibility index (Phi) is 9.20. The van der Waals surface area contributed by atoms with Crippen molar-refractivity contribution in [3.05, 3.63) is 81.8 Å². The van der Waals surface area contributed by atoms with E-state index in [4.69, 9.17) is 33.2 Å². The third-order valence-electron chi connectivity index (χ3n) is 4.64. The molecule has 0 aliphatic rings. The van der Waals surface area contributed by atoms with Crippen molar-refractivity contribution in [2.45, 2.75) is 11.1 Å². The van der Waals surface area contributed by atoms with E-state index in [1.807, 2.05) is 5.40 Å². The van der Waals surface area contributed by atoms with E-state index in [9.17, 15) is 26.4 Å². The number of hydrogen-bond acceptors (Lipinski definition) is 6. The van der Waals surface area contributed by atoms with Crippen LogP contribution in [-0.4, -0.2) is 26.6 Å². The Morgan fingerprint density at radius 1 is 1.05 bits per heavy atom. The Bertz CT molecular complexity index is 1450. The van der Waals surface area contributed by atoms with E-state index < -0.39 is 31.7 Å². The zero-order chi connectivity index (χ0) is 27.2. The summed E-state index contributed by atoms with van der Waals surface area (Å²) >= 11 is 12.6. The average molecular weight is 590 g/mol. The van der Waals surface area contributed by atoms with Gasteiger partial charge in [0.25, 0.3) is 15.9 Å². The SMILES string of the molecule is N#CSCCNC(=O)c1ccc(Oc2ccc(Cl)cc2NS(=O)(=O)c2ccc(Cl)c(C(F)(F)F)c2)cc1. The van der Waals surface area contributed by atoms with Crippen molar-refractivity contribution < 1.29 is 31.1 Å². The van der Waals surface area contributed by atoms with Gasteiger partial charge >= 0.3 is 6.18 Å². The molecule has 0 aromatic heterocycles. The van der Waals surface area contributed by atoms with Crippen LogP contribution in [0.1, 0.15) is 15.9 Å². The zero-order valence-electron chi connectivity index (χ0n) is 18.5. The fourth-order valence-electron chi connectivity index (χ4n) is 2.93. The molecule has 0 fully saturated rings. The summed E-state index contributed by atoms with van der Waals surface area (Å²) in [7, 11) is -4.50. The molecule has 0 saturated carbocycles. The summed E-state index contributed by atoms with van der Waals surface area (Å²) in [5, 5.41) is 12.6. The fraction of sp³-hybridized carbons (Fsp3) is 0.130. The summed E-state index contributed by atoms with van der Waals surface area (Å²) in [5.41, 5.74) is -1.10. The van der Waals surface area contributed by atoms with Gasteiger partial charge in [-0.15, -0.1) is 0 Å². The van der Waals surface area contributed by atoms with Gasteiger partial charge in [-0.2, -0.15) is 18.4 Å². The Labute approximate surface area is 224 Å². The number of amides is 1. The predicted molar refractivity (Wildman–Crippen MR) is 136 cm³/mol. The van der Waals surface area contributed by atoms with Gasteiger partial charge < -0.3 is 10.1 Å². The van der Waals surface area contributed by atoms with Gasteiger partial charge in [-0.05, 0) is 72.4 Å². The molecule has 194 valence electrons. The molecule has 0 spiro atoms. The number of rotatable bonds is 9. The maximum atomic E-state index is 13.2. The highest BCUT2D eigenvalue weighted by Gasteiger charge is 2.34. The van der Waals surface area contributed by atoms with Gasteiger partial charge in [0.15, 0.2) is 5.75 Å². The highest BCUT2D eigenvalue weighted by molar-refractivity contribution is 8.03. The summed E-state index contributed by atoms with van der Waals surface area (Å²) in [6.45, 7) is 0.307. The Hall–Kier alpha value is -3.11. The number of ether oxygens (including phenoxy) is 1. The molecule has 0 heterocycles. The molecule has 37 heavy (non-hydrogen) atoms. The minimum atomic E-state index is -4.86. The van der Waals surface area contributed by atoms with Crippen LogP contribution in [-0.2, 0) is 16.2 Å². The van der Waals surface area contributed by atoms with Gasteiger partial charge in [-0.3, -0.25) is 9.52 Å². The molecule has 0 aliphatic carbocycles. The number of carbonyl (C=O) groups is 1. The second kappa shape index (κ2) is 12.0. The molecule has 3 aromatic carbocycles. The van der Waals surface area contributed by atoms with Crippen LogP contribution in [0.2, 0.25) is 10.0 Å². The second-order valence-corrected chi connectivity index (χ2v) is 10.6. The number of halogens is 5. The lowest BCUT2D eigenvalue weighted by Gasteiger charge is -2.15. The number of anilines is 1.